The highest BCUT2D eigenvalue weighted by Crippen LogP contribution is 2.31. The molecule has 2 amide bonds. The quantitative estimate of drug-likeness (QED) is 0.851. The molecule has 0 aliphatic carbocycles. The second-order valence-electron chi connectivity index (χ2n) is 6.59. The Hall–Kier alpha value is -3.42. The molecule has 8 heteroatoms. The number of aromatic nitrogens is 1. The molecule has 0 fully saturated rings. The number of hydrazone groups is 1. The van der Waals surface area contributed by atoms with Crippen LogP contribution in [0.5, 0.6) is 11.5 Å². The number of ether oxygens (including phenoxy) is 2. The Balaban J connectivity index is 1.57. The van der Waals surface area contributed by atoms with Crippen LogP contribution in [0.15, 0.2) is 47.8 Å². The molecule has 1 N–H and O–H groups in total. The van der Waals surface area contributed by atoms with Crippen LogP contribution >= 0.6 is 0 Å². The van der Waals surface area contributed by atoms with E-state index in [1.54, 1.807) is 17.3 Å². The minimum absolute atomic E-state index is 0.179. The minimum Gasteiger partial charge on any atom is -0.486 e. The van der Waals surface area contributed by atoms with Crippen LogP contribution in [0.4, 0.5) is 0 Å². The first kappa shape index (κ1) is 18.0. The molecule has 0 bridgehead atoms. The molecular weight excluding hydrogens is 360 g/mol. The third kappa shape index (κ3) is 4.11. The Labute approximate surface area is 162 Å². The van der Waals surface area contributed by atoms with Gasteiger partial charge in [0.1, 0.15) is 18.9 Å². The highest BCUT2D eigenvalue weighted by molar-refractivity contribution is 6.39. The number of hydrogen-bond donors (Lipinski definition) is 1. The largest absolute Gasteiger partial charge is 0.486 e. The summed E-state index contributed by atoms with van der Waals surface area (Å²) < 4.78 is 11.2. The van der Waals surface area contributed by atoms with Crippen molar-refractivity contribution >= 4 is 17.5 Å². The summed E-state index contributed by atoms with van der Waals surface area (Å²) in [6.45, 7) is 1.79. The van der Waals surface area contributed by atoms with Gasteiger partial charge in [0.25, 0.3) is 5.91 Å². The molecule has 0 saturated carbocycles. The highest BCUT2D eigenvalue weighted by Gasteiger charge is 2.24. The first-order valence-corrected chi connectivity index (χ1v) is 9.11. The molecule has 0 radical (unpaired) electrons. The number of carbonyl (C=O) groups excluding carboxylic acids is 2. The third-order valence-corrected chi connectivity index (χ3v) is 4.51. The van der Waals surface area contributed by atoms with Gasteiger partial charge in [0.2, 0.25) is 5.91 Å². The summed E-state index contributed by atoms with van der Waals surface area (Å²) in [5.41, 5.74) is 4.57. The second-order valence-corrected chi connectivity index (χ2v) is 6.59. The maximum atomic E-state index is 13.1. The SMILES string of the molecule is O=C1CCC(C(=O)N(Cc2cccnc2)Cc2ccc3c(c2)OCCO3)=NN1. The molecule has 0 atom stereocenters. The Bertz CT molecular complexity index is 914. The number of pyridine rings is 1. The molecule has 28 heavy (non-hydrogen) atoms. The van der Waals surface area contributed by atoms with Crippen molar-refractivity contribution in [2.24, 2.45) is 5.10 Å². The van der Waals surface area contributed by atoms with Crippen LogP contribution in [-0.2, 0) is 22.7 Å². The van der Waals surface area contributed by atoms with E-state index in [-0.39, 0.29) is 18.2 Å². The summed E-state index contributed by atoms with van der Waals surface area (Å²) in [5, 5.41) is 3.95. The molecule has 4 rings (SSSR count). The molecule has 2 aliphatic rings. The molecule has 0 unspecified atom stereocenters. The lowest BCUT2D eigenvalue weighted by Crippen LogP contribution is -2.39. The monoisotopic (exact) mass is 380 g/mol. The van der Waals surface area contributed by atoms with Crippen molar-refractivity contribution in [2.45, 2.75) is 25.9 Å². The first-order chi connectivity index (χ1) is 13.7. The summed E-state index contributed by atoms with van der Waals surface area (Å²) in [4.78, 5) is 30.2. The number of amides is 2. The van der Waals surface area contributed by atoms with Crippen molar-refractivity contribution in [3.05, 3.63) is 53.9 Å². The highest BCUT2D eigenvalue weighted by atomic mass is 16.6. The van der Waals surface area contributed by atoms with E-state index < -0.39 is 0 Å². The fourth-order valence-corrected chi connectivity index (χ4v) is 3.13. The van der Waals surface area contributed by atoms with Crippen molar-refractivity contribution in [1.82, 2.24) is 15.3 Å². The number of nitrogens with one attached hydrogen (secondary N) is 1. The van der Waals surface area contributed by atoms with Gasteiger partial charge < -0.3 is 14.4 Å². The fourth-order valence-electron chi connectivity index (χ4n) is 3.13. The van der Waals surface area contributed by atoms with E-state index in [9.17, 15) is 9.59 Å². The van der Waals surface area contributed by atoms with Gasteiger partial charge in [0.05, 0.1) is 0 Å². The van der Waals surface area contributed by atoms with E-state index in [1.807, 2.05) is 30.3 Å². The molecule has 2 aliphatic heterocycles. The van der Waals surface area contributed by atoms with Crippen LogP contribution in [0.2, 0.25) is 0 Å². The van der Waals surface area contributed by atoms with Gasteiger partial charge in [-0.1, -0.05) is 12.1 Å². The Morgan fingerprint density at radius 3 is 2.64 bits per heavy atom. The van der Waals surface area contributed by atoms with E-state index in [1.165, 1.54) is 0 Å². The zero-order valence-corrected chi connectivity index (χ0v) is 15.3. The van der Waals surface area contributed by atoms with Gasteiger partial charge in [-0.2, -0.15) is 5.10 Å². The molecule has 0 spiro atoms. The number of rotatable bonds is 5. The minimum atomic E-state index is -0.209. The topological polar surface area (TPSA) is 93.1 Å². The third-order valence-electron chi connectivity index (χ3n) is 4.51. The molecular formula is C20H20N4O4. The van der Waals surface area contributed by atoms with Gasteiger partial charge in [-0.25, -0.2) is 5.43 Å². The molecule has 0 saturated heterocycles. The van der Waals surface area contributed by atoms with Crippen molar-refractivity contribution in [1.29, 1.82) is 0 Å². The van der Waals surface area contributed by atoms with Crippen LogP contribution in [0.1, 0.15) is 24.0 Å². The van der Waals surface area contributed by atoms with Gasteiger partial charge in [-0.3, -0.25) is 14.6 Å². The van der Waals surface area contributed by atoms with Crippen LogP contribution < -0.4 is 14.9 Å². The number of benzene rings is 1. The molecule has 3 heterocycles. The molecule has 2 aromatic rings. The summed E-state index contributed by atoms with van der Waals surface area (Å²) in [6.07, 6.45) is 4.01. The Morgan fingerprint density at radius 1 is 1.07 bits per heavy atom. The van der Waals surface area contributed by atoms with Crippen LogP contribution in [-0.4, -0.2) is 40.6 Å². The van der Waals surface area contributed by atoms with E-state index >= 15 is 0 Å². The number of fused-ring (bicyclic) bond motifs is 1. The predicted molar refractivity (Wildman–Crippen MR) is 101 cm³/mol. The normalized spacial score (nSPS) is 15.4. The summed E-state index contributed by atoms with van der Waals surface area (Å²) >= 11 is 0. The lowest BCUT2D eigenvalue weighted by atomic mass is 10.1. The molecule has 8 nitrogen and oxygen atoms in total. The van der Waals surface area contributed by atoms with Gasteiger partial charge in [0.15, 0.2) is 11.5 Å². The van der Waals surface area contributed by atoms with E-state index in [0.717, 1.165) is 11.1 Å². The number of carbonyl (C=O) groups is 2. The van der Waals surface area contributed by atoms with Crippen LogP contribution in [0, 0.1) is 0 Å². The lowest BCUT2D eigenvalue weighted by Gasteiger charge is -2.25. The number of nitrogens with zero attached hydrogens (tertiary/aromatic N) is 3. The number of hydrogen-bond acceptors (Lipinski definition) is 6. The van der Waals surface area contributed by atoms with Crippen LogP contribution in [0.3, 0.4) is 0 Å². The van der Waals surface area contributed by atoms with Gasteiger partial charge >= 0.3 is 0 Å². The molecule has 144 valence electrons. The average Bonchev–Trinajstić information content (AvgIpc) is 2.74. The standard InChI is InChI=1S/C20H20N4O4/c25-19-6-4-16(22-23-19)20(26)24(13-15-2-1-7-21-11-15)12-14-3-5-17-18(10-14)28-9-8-27-17/h1-3,5,7,10-11H,4,6,8-9,12-13H2,(H,23,25). The maximum Gasteiger partial charge on any atom is 0.270 e. The smallest absolute Gasteiger partial charge is 0.270 e. The Kier molecular flexibility index (Phi) is 5.18. The predicted octanol–water partition coefficient (Wildman–Crippen LogP) is 1.65. The fraction of sp³-hybridized carbons (Fsp3) is 0.300. The van der Waals surface area contributed by atoms with E-state index in [4.69, 9.17) is 9.47 Å². The van der Waals surface area contributed by atoms with Crippen molar-refractivity contribution in [3.8, 4) is 11.5 Å². The molecule has 1 aromatic heterocycles. The average molecular weight is 380 g/mol. The van der Waals surface area contributed by atoms with Gasteiger partial charge in [-0.15, -0.1) is 0 Å². The first-order valence-electron chi connectivity index (χ1n) is 9.11. The summed E-state index contributed by atoms with van der Waals surface area (Å²) in [6, 6.07) is 9.42. The maximum absolute atomic E-state index is 13.1. The summed E-state index contributed by atoms with van der Waals surface area (Å²) in [5.74, 6) is 1.00. The van der Waals surface area contributed by atoms with Gasteiger partial charge in [-0.05, 0) is 29.3 Å². The lowest BCUT2D eigenvalue weighted by molar-refractivity contribution is -0.125. The zero-order valence-electron chi connectivity index (χ0n) is 15.3. The second kappa shape index (κ2) is 8.08. The van der Waals surface area contributed by atoms with Crippen molar-refractivity contribution in [2.75, 3.05) is 13.2 Å². The van der Waals surface area contributed by atoms with E-state index in [0.29, 0.717) is 49.9 Å². The van der Waals surface area contributed by atoms with E-state index in [2.05, 4.69) is 15.5 Å². The van der Waals surface area contributed by atoms with Gasteiger partial charge in [0, 0.05) is 38.3 Å². The van der Waals surface area contributed by atoms with Crippen LogP contribution in [0.25, 0.3) is 0 Å². The summed E-state index contributed by atoms with van der Waals surface area (Å²) in [7, 11) is 0. The Morgan fingerprint density at radius 2 is 1.89 bits per heavy atom. The molecule has 1 aromatic carbocycles. The van der Waals surface area contributed by atoms with Crippen molar-refractivity contribution < 1.29 is 19.1 Å². The zero-order chi connectivity index (χ0) is 19.3. The van der Waals surface area contributed by atoms with Crippen molar-refractivity contribution in [3.63, 3.8) is 0 Å².